The maximum Gasteiger partial charge on any atom is 0.238 e. The number of aromatic nitrogens is 3. The minimum Gasteiger partial charge on any atom is -0.367 e. The molecule has 0 aliphatic rings. The van der Waals surface area contributed by atoms with E-state index in [1.54, 1.807) is 10.7 Å². The quantitative estimate of drug-likeness (QED) is 0.893. The fourth-order valence-corrected chi connectivity index (χ4v) is 2.25. The summed E-state index contributed by atoms with van der Waals surface area (Å²) in [5, 5.41) is 13.6. The first-order valence-corrected chi connectivity index (χ1v) is 6.13. The molecule has 0 radical (unpaired) electrons. The Kier molecular flexibility index (Phi) is 3.19. The molecule has 0 saturated heterocycles. The average molecular weight is 243 g/mol. The van der Waals surface area contributed by atoms with Gasteiger partial charge in [-0.1, -0.05) is 20.8 Å². The Morgan fingerprint density at radius 3 is 2.78 bits per heavy atom. The molecule has 0 atom stereocenters. The van der Waals surface area contributed by atoms with Crippen molar-refractivity contribution in [3.05, 3.63) is 23.0 Å². The molecule has 5 heteroatoms. The van der Waals surface area contributed by atoms with Gasteiger partial charge in [-0.25, -0.2) is 9.50 Å². The highest BCUT2D eigenvalue weighted by Crippen LogP contribution is 2.25. The van der Waals surface area contributed by atoms with Gasteiger partial charge in [0.2, 0.25) is 5.95 Å². The Morgan fingerprint density at radius 2 is 2.22 bits per heavy atom. The molecular weight excluding hydrogens is 226 g/mol. The monoisotopic (exact) mass is 243 g/mol. The molecule has 2 rings (SSSR count). The van der Waals surface area contributed by atoms with Gasteiger partial charge in [0.15, 0.2) is 0 Å². The number of hydrogen-bond donors (Lipinski definition) is 1. The summed E-state index contributed by atoms with van der Waals surface area (Å²) in [6.45, 7) is 6.28. The van der Waals surface area contributed by atoms with Gasteiger partial charge in [-0.2, -0.15) is 5.26 Å². The Hall–Kier alpha value is -2.09. The van der Waals surface area contributed by atoms with Gasteiger partial charge in [0.05, 0.1) is 23.0 Å². The molecule has 5 nitrogen and oxygen atoms in total. The lowest BCUT2D eigenvalue weighted by Gasteiger charge is -2.05. The summed E-state index contributed by atoms with van der Waals surface area (Å²) >= 11 is 0. The Labute approximate surface area is 106 Å². The summed E-state index contributed by atoms with van der Waals surface area (Å²) in [6.07, 6.45) is 3.30. The fourth-order valence-electron chi connectivity index (χ4n) is 2.25. The second-order valence-electron chi connectivity index (χ2n) is 4.78. The van der Waals surface area contributed by atoms with Crippen molar-refractivity contribution >= 4 is 11.5 Å². The van der Waals surface area contributed by atoms with Crippen LogP contribution in [0.2, 0.25) is 0 Å². The van der Waals surface area contributed by atoms with Crippen molar-refractivity contribution in [2.75, 3.05) is 5.73 Å². The van der Waals surface area contributed by atoms with Gasteiger partial charge in [0.1, 0.15) is 6.07 Å². The van der Waals surface area contributed by atoms with Crippen LogP contribution in [0.3, 0.4) is 0 Å². The maximum atomic E-state index is 9.37. The van der Waals surface area contributed by atoms with Crippen LogP contribution in [0.5, 0.6) is 0 Å². The van der Waals surface area contributed by atoms with Gasteiger partial charge in [0, 0.05) is 0 Å². The fraction of sp³-hybridized carbons (Fsp3) is 0.462. The Morgan fingerprint density at radius 1 is 1.50 bits per heavy atom. The largest absolute Gasteiger partial charge is 0.367 e. The topological polar surface area (TPSA) is 80.0 Å². The molecular formula is C13H17N5. The van der Waals surface area contributed by atoms with Crippen LogP contribution < -0.4 is 5.73 Å². The number of anilines is 1. The van der Waals surface area contributed by atoms with Crippen LogP contribution in [-0.2, 0) is 12.8 Å². The molecule has 0 saturated carbocycles. The van der Waals surface area contributed by atoms with Gasteiger partial charge in [-0.05, 0) is 24.3 Å². The average Bonchev–Trinajstić information content (AvgIpc) is 2.61. The number of fused-ring (bicyclic) bond motifs is 1. The molecule has 2 aromatic rings. The highest BCUT2D eigenvalue weighted by molar-refractivity contribution is 5.64. The molecule has 18 heavy (non-hydrogen) atoms. The molecule has 0 bridgehead atoms. The van der Waals surface area contributed by atoms with E-state index in [2.05, 4.69) is 30.0 Å². The van der Waals surface area contributed by atoms with Gasteiger partial charge < -0.3 is 5.73 Å². The third-order valence-electron chi connectivity index (χ3n) is 2.97. The first-order valence-electron chi connectivity index (χ1n) is 6.13. The van der Waals surface area contributed by atoms with E-state index in [-0.39, 0.29) is 5.95 Å². The van der Waals surface area contributed by atoms with Gasteiger partial charge in [0.25, 0.3) is 0 Å². The van der Waals surface area contributed by atoms with E-state index in [1.165, 1.54) is 0 Å². The molecule has 2 aromatic heterocycles. The van der Waals surface area contributed by atoms with Crippen molar-refractivity contribution in [1.82, 2.24) is 14.6 Å². The molecule has 2 N–H and O–H groups in total. The van der Waals surface area contributed by atoms with E-state index in [1.807, 2.05) is 6.92 Å². The molecule has 0 aliphatic carbocycles. The van der Waals surface area contributed by atoms with Gasteiger partial charge >= 0.3 is 0 Å². The second kappa shape index (κ2) is 4.65. The zero-order chi connectivity index (χ0) is 13.3. The van der Waals surface area contributed by atoms with Crippen molar-refractivity contribution in [1.29, 1.82) is 5.26 Å². The summed E-state index contributed by atoms with van der Waals surface area (Å²) in [6, 6.07) is 2.30. The van der Waals surface area contributed by atoms with Crippen molar-refractivity contribution in [2.45, 2.75) is 33.6 Å². The van der Waals surface area contributed by atoms with Crippen molar-refractivity contribution in [3.8, 4) is 6.07 Å². The summed E-state index contributed by atoms with van der Waals surface area (Å²) in [5.41, 5.74) is 9.20. The minimum absolute atomic E-state index is 0.231. The SMILES string of the molecule is CCc1c(C#N)c(CC(C)C)n2nc(N)ncc12. The van der Waals surface area contributed by atoms with E-state index in [0.717, 1.165) is 35.2 Å². The highest BCUT2D eigenvalue weighted by atomic mass is 15.3. The van der Waals surface area contributed by atoms with Crippen LogP contribution in [0.4, 0.5) is 5.95 Å². The summed E-state index contributed by atoms with van der Waals surface area (Å²) in [5.74, 6) is 0.686. The summed E-state index contributed by atoms with van der Waals surface area (Å²) in [4.78, 5) is 4.02. The molecule has 0 unspecified atom stereocenters. The number of hydrogen-bond acceptors (Lipinski definition) is 4. The highest BCUT2D eigenvalue weighted by Gasteiger charge is 2.19. The minimum atomic E-state index is 0.231. The van der Waals surface area contributed by atoms with Gasteiger partial charge in [-0.15, -0.1) is 5.10 Å². The van der Waals surface area contributed by atoms with Gasteiger partial charge in [-0.3, -0.25) is 0 Å². The standard InChI is InChI=1S/C13H17N5/c1-4-9-10(6-14)11(5-8(2)3)18-12(9)7-16-13(15)17-18/h7-8H,4-5H2,1-3H3,(H2,15,17). The van der Waals surface area contributed by atoms with Crippen LogP contribution in [0.1, 0.15) is 37.6 Å². The van der Waals surface area contributed by atoms with E-state index in [9.17, 15) is 5.26 Å². The molecule has 0 spiro atoms. The van der Waals surface area contributed by atoms with E-state index in [0.29, 0.717) is 5.92 Å². The van der Waals surface area contributed by atoms with E-state index >= 15 is 0 Å². The normalized spacial score (nSPS) is 11.1. The number of aryl methyl sites for hydroxylation is 1. The zero-order valence-electron chi connectivity index (χ0n) is 10.9. The molecule has 2 heterocycles. The smallest absolute Gasteiger partial charge is 0.238 e. The molecule has 0 aromatic carbocycles. The van der Waals surface area contributed by atoms with Crippen molar-refractivity contribution in [2.24, 2.45) is 5.92 Å². The predicted octanol–water partition coefficient (Wildman–Crippen LogP) is 1.94. The van der Waals surface area contributed by atoms with Crippen LogP contribution >= 0.6 is 0 Å². The van der Waals surface area contributed by atoms with Crippen LogP contribution in [-0.4, -0.2) is 14.6 Å². The van der Waals surface area contributed by atoms with Crippen LogP contribution in [0.15, 0.2) is 6.20 Å². The van der Waals surface area contributed by atoms with Crippen molar-refractivity contribution in [3.63, 3.8) is 0 Å². The van der Waals surface area contributed by atoms with E-state index in [4.69, 9.17) is 5.73 Å². The molecule has 0 amide bonds. The number of nitrogens with two attached hydrogens (primary N) is 1. The first-order chi connectivity index (χ1) is 8.58. The lowest BCUT2D eigenvalue weighted by Crippen LogP contribution is -2.06. The van der Waals surface area contributed by atoms with Crippen molar-refractivity contribution < 1.29 is 0 Å². The van der Waals surface area contributed by atoms with Crippen LogP contribution in [0.25, 0.3) is 5.52 Å². The third kappa shape index (κ3) is 1.90. The maximum absolute atomic E-state index is 9.37. The van der Waals surface area contributed by atoms with E-state index < -0.39 is 0 Å². The second-order valence-corrected chi connectivity index (χ2v) is 4.78. The lowest BCUT2D eigenvalue weighted by molar-refractivity contribution is 0.620. The zero-order valence-corrected chi connectivity index (χ0v) is 10.9. The molecule has 94 valence electrons. The Balaban J connectivity index is 2.79. The number of nitrogen functional groups attached to an aromatic ring is 1. The number of nitrogens with zero attached hydrogens (tertiary/aromatic N) is 4. The van der Waals surface area contributed by atoms with Crippen LogP contribution in [0, 0.1) is 17.2 Å². The predicted molar refractivity (Wildman–Crippen MR) is 70.0 cm³/mol. The summed E-state index contributed by atoms with van der Waals surface area (Å²) < 4.78 is 1.78. The lowest BCUT2D eigenvalue weighted by atomic mass is 10.0. The first kappa shape index (κ1) is 12.4. The molecule has 0 aliphatic heterocycles. The number of nitriles is 1. The number of rotatable bonds is 3. The summed E-state index contributed by atoms with van der Waals surface area (Å²) in [7, 11) is 0. The molecule has 0 fully saturated rings. The third-order valence-corrected chi connectivity index (χ3v) is 2.97. The Bertz CT molecular complexity index is 618.